The molecule has 0 fully saturated rings. The highest BCUT2D eigenvalue weighted by Gasteiger charge is 1.98. The van der Waals surface area contributed by atoms with Crippen LogP contribution in [0, 0.1) is 0 Å². The van der Waals surface area contributed by atoms with E-state index in [4.69, 9.17) is 0 Å². The van der Waals surface area contributed by atoms with Gasteiger partial charge in [0.2, 0.25) is 0 Å². The molecule has 0 N–H and O–H groups in total. The van der Waals surface area contributed by atoms with E-state index in [0.29, 0.717) is 6.61 Å². The predicted molar refractivity (Wildman–Crippen MR) is 81.0 cm³/mol. The molecule has 3 heteroatoms. The third kappa shape index (κ3) is 15.4. The van der Waals surface area contributed by atoms with Crippen LogP contribution < -0.4 is 0 Å². The first-order chi connectivity index (χ1) is 9.31. The van der Waals surface area contributed by atoms with Crippen molar-refractivity contribution in [3.8, 4) is 0 Å². The Kier molecular flexibility index (Phi) is 15.0. The zero-order valence-corrected chi connectivity index (χ0v) is 13.0. The number of hydrogen-bond donors (Lipinski definition) is 0. The lowest BCUT2D eigenvalue weighted by Gasteiger charge is -2.15. The highest BCUT2D eigenvalue weighted by atomic mass is 16.5. The van der Waals surface area contributed by atoms with Crippen LogP contribution >= 0.6 is 0 Å². The van der Waals surface area contributed by atoms with Crippen LogP contribution in [-0.4, -0.2) is 38.1 Å². The second kappa shape index (κ2) is 15.5. The molecule has 0 saturated carbocycles. The van der Waals surface area contributed by atoms with Crippen molar-refractivity contribution in [1.29, 1.82) is 0 Å². The van der Waals surface area contributed by atoms with Gasteiger partial charge in [0.15, 0.2) is 0 Å². The van der Waals surface area contributed by atoms with E-state index in [1.165, 1.54) is 77.3 Å². The SMILES string of the molecule is CCCCCN(C)CCCCCCCCCO[C]=O. The van der Waals surface area contributed by atoms with Crippen molar-refractivity contribution in [1.82, 2.24) is 4.90 Å². The van der Waals surface area contributed by atoms with Gasteiger partial charge in [-0.15, -0.1) is 0 Å². The number of unbranched alkanes of at least 4 members (excludes halogenated alkanes) is 8. The predicted octanol–water partition coefficient (Wildman–Crippen LogP) is 3.92. The number of rotatable bonds is 15. The van der Waals surface area contributed by atoms with E-state index < -0.39 is 0 Å². The highest BCUT2D eigenvalue weighted by molar-refractivity contribution is 5.37. The third-order valence-corrected chi connectivity index (χ3v) is 3.49. The molecular formula is C16H32NO2. The second-order valence-corrected chi connectivity index (χ2v) is 5.42. The number of nitrogens with zero attached hydrogens (tertiary/aromatic N) is 1. The summed E-state index contributed by atoms with van der Waals surface area (Å²) in [4.78, 5) is 12.3. The molecule has 0 heterocycles. The van der Waals surface area contributed by atoms with Crippen molar-refractivity contribution >= 4 is 6.47 Å². The summed E-state index contributed by atoms with van der Waals surface area (Å²) in [5.74, 6) is 0. The molecule has 0 atom stereocenters. The molecule has 0 aromatic rings. The van der Waals surface area contributed by atoms with Crippen LogP contribution in [0.4, 0.5) is 0 Å². The summed E-state index contributed by atoms with van der Waals surface area (Å²) in [6, 6.07) is 0. The van der Waals surface area contributed by atoms with Gasteiger partial charge in [0.1, 0.15) is 0 Å². The summed E-state index contributed by atoms with van der Waals surface area (Å²) in [5.41, 5.74) is 0. The molecule has 3 nitrogen and oxygen atoms in total. The zero-order chi connectivity index (χ0) is 14.2. The molecule has 0 unspecified atom stereocenters. The van der Waals surface area contributed by atoms with E-state index in [9.17, 15) is 4.79 Å². The fourth-order valence-electron chi connectivity index (χ4n) is 2.23. The van der Waals surface area contributed by atoms with Crippen molar-refractivity contribution < 1.29 is 9.53 Å². The van der Waals surface area contributed by atoms with E-state index in [0.717, 1.165) is 6.42 Å². The second-order valence-electron chi connectivity index (χ2n) is 5.42. The molecule has 113 valence electrons. The van der Waals surface area contributed by atoms with Gasteiger partial charge in [-0.1, -0.05) is 51.9 Å². The van der Waals surface area contributed by atoms with E-state index >= 15 is 0 Å². The lowest BCUT2D eigenvalue weighted by atomic mass is 10.1. The lowest BCUT2D eigenvalue weighted by Crippen LogP contribution is -2.20. The summed E-state index contributed by atoms with van der Waals surface area (Å²) in [6.45, 7) is 6.74. The van der Waals surface area contributed by atoms with Crippen molar-refractivity contribution in [2.45, 2.75) is 71.1 Å². The van der Waals surface area contributed by atoms with E-state index in [2.05, 4.69) is 23.6 Å². The fraction of sp³-hybridized carbons (Fsp3) is 0.938. The van der Waals surface area contributed by atoms with Gasteiger partial charge in [-0.2, -0.15) is 0 Å². The van der Waals surface area contributed by atoms with Crippen molar-refractivity contribution in [3.63, 3.8) is 0 Å². The van der Waals surface area contributed by atoms with Crippen LogP contribution in [-0.2, 0) is 9.53 Å². The molecule has 0 aromatic carbocycles. The minimum Gasteiger partial charge on any atom is -0.457 e. The van der Waals surface area contributed by atoms with Gasteiger partial charge in [-0.3, -0.25) is 0 Å². The van der Waals surface area contributed by atoms with Gasteiger partial charge < -0.3 is 9.64 Å². The maximum atomic E-state index is 9.80. The summed E-state index contributed by atoms with van der Waals surface area (Å²) < 4.78 is 4.53. The van der Waals surface area contributed by atoms with Crippen LogP contribution in [0.5, 0.6) is 0 Å². The quantitative estimate of drug-likeness (QED) is 0.422. The highest BCUT2D eigenvalue weighted by Crippen LogP contribution is 2.08. The minimum atomic E-state index is 0.534. The molecule has 1 radical (unpaired) electrons. The van der Waals surface area contributed by atoms with Crippen LogP contribution in [0.2, 0.25) is 0 Å². The molecule has 0 aliphatic rings. The maximum absolute atomic E-state index is 9.80. The molecule has 0 bridgehead atoms. The van der Waals surface area contributed by atoms with Gasteiger partial charge in [0, 0.05) is 0 Å². The Hall–Kier alpha value is -0.570. The first-order valence-electron chi connectivity index (χ1n) is 7.98. The molecular weight excluding hydrogens is 238 g/mol. The monoisotopic (exact) mass is 270 g/mol. The number of hydrogen-bond acceptors (Lipinski definition) is 3. The van der Waals surface area contributed by atoms with Crippen LogP contribution in [0.3, 0.4) is 0 Å². The summed E-state index contributed by atoms with van der Waals surface area (Å²) in [5, 5.41) is 0. The average Bonchev–Trinajstić information content (AvgIpc) is 2.41. The van der Waals surface area contributed by atoms with Gasteiger partial charge >= 0.3 is 6.47 Å². The third-order valence-electron chi connectivity index (χ3n) is 3.49. The topological polar surface area (TPSA) is 29.5 Å². The van der Waals surface area contributed by atoms with Gasteiger partial charge in [0.25, 0.3) is 0 Å². The Morgan fingerprint density at radius 3 is 1.95 bits per heavy atom. The van der Waals surface area contributed by atoms with E-state index in [1.54, 1.807) is 0 Å². The van der Waals surface area contributed by atoms with Gasteiger partial charge in [-0.25, -0.2) is 4.79 Å². The van der Waals surface area contributed by atoms with Crippen molar-refractivity contribution in [2.75, 3.05) is 26.7 Å². The Balaban J connectivity index is 3.07. The molecule has 19 heavy (non-hydrogen) atoms. The Morgan fingerprint density at radius 2 is 1.37 bits per heavy atom. The molecule has 0 aromatic heterocycles. The molecule has 0 aliphatic heterocycles. The zero-order valence-electron chi connectivity index (χ0n) is 13.0. The molecule has 0 saturated heterocycles. The molecule has 0 aliphatic carbocycles. The van der Waals surface area contributed by atoms with E-state index in [1.807, 2.05) is 0 Å². The van der Waals surface area contributed by atoms with Gasteiger partial charge in [-0.05, 0) is 39.4 Å². The Morgan fingerprint density at radius 1 is 0.842 bits per heavy atom. The normalized spacial score (nSPS) is 10.9. The summed E-state index contributed by atoms with van der Waals surface area (Å²) in [7, 11) is 2.24. The lowest BCUT2D eigenvalue weighted by molar-refractivity contribution is 0.268. The maximum Gasteiger partial charge on any atom is 0.417 e. The Labute approximate surface area is 119 Å². The van der Waals surface area contributed by atoms with Crippen LogP contribution in [0.25, 0.3) is 0 Å². The minimum absolute atomic E-state index is 0.534. The average molecular weight is 270 g/mol. The van der Waals surface area contributed by atoms with Crippen LogP contribution in [0.1, 0.15) is 71.1 Å². The molecule has 0 amide bonds. The van der Waals surface area contributed by atoms with Crippen molar-refractivity contribution in [3.05, 3.63) is 0 Å². The Bertz CT molecular complexity index is 186. The molecule has 0 spiro atoms. The summed E-state index contributed by atoms with van der Waals surface area (Å²) >= 11 is 0. The smallest absolute Gasteiger partial charge is 0.417 e. The van der Waals surface area contributed by atoms with E-state index in [-0.39, 0.29) is 0 Å². The first-order valence-corrected chi connectivity index (χ1v) is 7.98. The summed E-state index contributed by atoms with van der Waals surface area (Å²) in [6.07, 6.45) is 12.7. The van der Waals surface area contributed by atoms with Crippen LogP contribution in [0.15, 0.2) is 0 Å². The number of carbonyl (C=O) groups excluding carboxylic acids is 1. The standard InChI is InChI=1S/C16H32NO2/c1-3-4-10-13-17(2)14-11-8-6-5-7-9-12-15-19-16-18/h3-15H2,1-2H3. The molecule has 0 rings (SSSR count). The van der Waals surface area contributed by atoms with Gasteiger partial charge in [0.05, 0.1) is 6.61 Å². The number of ether oxygens (including phenoxy) is 1. The largest absolute Gasteiger partial charge is 0.457 e. The fourth-order valence-corrected chi connectivity index (χ4v) is 2.23. The first kappa shape index (κ1) is 18.4. The van der Waals surface area contributed by atoms with Crippen molar-refractivity contribution in [2.24, 2.45) is 0 Å².